The normalized spacial score (nSPS) is 18.3. The Bertz CT molecular complexity index is 600. The first-order chi connectivity index (χ1) is 9.66. The number of aromatic nitrogens is 4. The fraction of sp³-hybridized carbons (Fsp3) is 0.583. The largest absolute Gasteiger partial charge is 0.383 e. The van der Waals surface area contributed by atoms with Crippen LogP contribution in [0.25, 0.3) is 11.5 Å². The van der Waals surface area contributed by atoms with E-state index in [9.17, 15) is 0 Å². The van der Waals surface area contributed by atoms with Crippen LogP contribution >= 0.6 is 0 Å². The van der Waals surface area contributed by atoms with Crippen molar-refractivity contribution in [3.05, 3.63) is 12.0 Å². The summed E-state index contributed by atoms with van der Waals surface area (Å²) in [6.45, 7) is 1.24. The molecule has 3 rings (SSSR count). The Morgan fingerprint density at radius 1 is 1.40 bits per heavy atom. The third-order valence-corrected chi connectivity index (χ3v) is 3.74. The number of aryl methyl sites for hydroxylation is 1. The van der Waals surface area contributed by atoms with E-state index in [0.717, 1.165) is 0 Å². The van der Waals surface area contributed by atoms with E-state index in [0.29, 0.717) is 49.2 Å². The minimum atomic E-state index is -0.545. The van der Waals surface area contributed by atoms with Crippen LogP contribution in [0.3, 0.4) is 0 Å². The predicted molar refractivity (Wildman–Crippen MR) is 69.7 cm³/mol. The average molecular weight is 279 g/mol. The molecular formula is C12H17N5O3. The van der Waals surface area contributed by atoms with Gasteiger partial charge in [0.05, 0.1) is 6.20 Å². The van der Waals surface area contributed by atoms with E-state index in [-0.39, 0.29) is 0 Å². The van der Waals surface area contributed by atoms with Gasteiger partial charge in [-0.3, -0.25) is 4.68 Å². The van der Waals surface area contributed by atoms with E-state index < -0.39 is 5.60 Å². The van der Waals surface area contributed by atoms with Crippen molar-refractivity contribution in [3.8, 4) is 11.5 Å². The molecule has 1 aliphatic heterocycles. The van der Waals surface area contributed by atoms with Crippen molar-refractivity contribution in [1.82, 2.24) is 19.9 Å². The molecule has 0 amide bonds. The first kappa shape index (κ1) is 13.1. The fourth-order valence-corrected chi connectivity index (χ4v) is 2.35. The van der Waals surface area contributed by atoms with E-state index in [4.69, 9.17) is 19.7 Å². The van der Waals surface area contributed by atoms with Gasteiger partial charge in [0.15, 0.2) is 0 Å². The van der Waals surface area contributed by atoms with Gasteiger partial charge in [-0.2, -0.15) is 10.1 Å². The Morgan fingerprint density at radius 2 is 2.15 bits per heavy atom. The third-order valence-electron chi connectivity index (χ3n) is 3.74. The van der Waals surface area contributed by atoms with Crippen molar-refractivity contribution in [3.63, 3.8) is 0 Å². The molecular weight excluding hydrogens is 262 g/mol. The van der Waals surface area contributed by atoms with Crippen LogP contribution in [0.1, 0.15) is 18.7 Å². The molecule has 1 aliphatic rings. The van der Waals surface area contributed by atoms with E-state index >= 15 is 0 Å². The third kappa shape index (κ3) is 1.97. The van der Waals surface area contributed by atoms with Crippen LogP contribution in [0.5, 0.6) is 0 Å². The Labute approximate surface area is 115 Å². The molecule has 0 saturated carbocycles. The maximum absolute atomic E-state index is 5.91. The molecule has 3 heterocycles. The van der Waals surface area contributed by atoms with Gasteiger partial charge >= 0.3 is 0 Å². The van der Waals surface area contributed by atoms with Crippen LogP contribution in [-0.4, -0.2) is 40.2 Å². The summed E-state index contributed by atoms with van der Waals surface area (Å²) >= 11 is 0. The van der Waals surface area contributed by atoms with Crippen molar-refractivity contribution >= 4 is 5.82 Å². The highest BCUT2D eigenvalue weighted by molar-refractivity contribution is 5.66. The second kappa shape index (κ2) is 4.88. The smallest absolute Gasteiger partial charge is 0.263 e. The van der Waals surface area contributed by atoms with Crippen LogP contribution in [-0.2, 0) is 22.1 Å². The molecule has 0 radical (unpaired) electrons. The van der Waals surface area contributed by atoms with Crippen molar-refractivity contribution in [2.24, 2.45) is 7.05 Å². The second-order valence-corrected chi connectivity index (χ2v) is 4.80. The SMILES string of the molecule is COC1(c2noc(-c3cnn(C)c3N)n2)CCOCC1. The van der Waals surface area contributed by atoms with Gasteiger partial charge in [0, 0.05) is 40.2 Å². The molecule has 8 heteroatoms. The molecule has 1 saturated heterocycles. The van der Waals surface area contributed by atoms with Gasteiger partial charge < -0.3 is 19.7 Å². The zero-order chi connectivity index (χ0) is 14.2. The lowest BCUT2D eigenvalue weighted by Crippen LogP contribution is -2.36. The number of hydrogen-bond donors (Lipinski definition) is 1. The first-order valence-corrected chi connectivity index (χ1v) is 6.41. The van der Waals surface area contributed by atoms with Crippen molar-refractivity contribution in [1.29, 1.82) is 0 Å². The van der Waals surface area contributed by atoms with E-state index in [2.05, 4.69) is 15.2 Å². The van der Waals surface area contributed by atoms with E-state index in [1.165, 1.54) is 0 Å². The molecule has 0 atom stereocenters. The standard InChI is InChI=1S/C12H17N5O3/c1-17-9(13)8(7-14-17)10-15-11(16-20-10)12(18-2)3-5-19-6-4-12/h7H,3-6,13H2,1-2H3. The van der Waals surface area contributed by atoms with Crippen LogP contribution in [0.15, 0.2) is 10.7 Å². The summed E-state index contributed by atoms with van der Waals surface area (Å²) < 4.78 is 17.9. The van der Waals surface area contributed by atoms with Crippen LogP contribution < -0.4 is 5.73 Å². The zero-order valence-electron chi connectivity index (χ0n) is 11.5. The second-order valence-electron chi connectivity index (χ2n) is 4.80. The number of nitrogens with zero attached hydrogens (tertiary/aromatic N) is 4. The lowest BCUT2D eigenvalue weighted by Gasteiger charge is -2.32. The number of ether oxygens (including phenoxy) is 2. The summed E-state index contributed by atoms with van der Waals surface area (Å²) in [5, 5.41) is 8.11. The maximum Gasteiger partial charge on any atom is 0.263 e. The van der Waals surface area contributed by atoms with E-state index in [1.54, 1.807) is 25.0 Å². The van der Waals surface area contributed by atoms with Crippen LogP contribution in [0.4, 0.5) is 5.82 Å². The summed E-state index contributed by atoms with van der Waals surface area (Å²) in [6.07, 6.45) is 3.01. The molecule has 20 heavy (non-hydrogen) atoms. The first-order valence-electron chi connectivity index (χ1n) is 6.41. The Hall–Kier alpha value is -1.93. The number of nitrogen functional groups attached to an aromatic ring is 1. The van der Waals surface area contributed by atoms with Gasteiger partial charge in [-0.05, 0) is 0 Å². The minimum Gasteiger partial charge on any atom is -0.383 e. The lowest BCUT2D eigenvalue weighted by molar-refractivity contribution is -0.101. The highest BCUT2D eigenvalue weighted by atomic mass is 16.5. The molecule has 108 valence electrons. The van der Waals surface area contributed by atoms with Gasteiger partial charge in [-0.1, -0.05) is 5.16 Å². The quantitative estimate of drug-likeness (QED) is 0.882. The molecule has 0 unspecified atom stereocenters. The summed E-state index contributed by atoms with van der Waals surface area (Å²) in [4.78, 5) is 4.43. The molecule has 8 nitrogen and oxygen atoms in total. The maximum atomic E-state index is 5.91. The number of rotatable bonds is 3. The number of anilines is 1. The molecule has 0 aliphatic carbocycles. The molecule has 0 aromatic carbocycles. The number of hydrogen-bond acceptors (Lipinski definition) is 7. The Morgan fingerprint density at radius 3 is 2.75 bits per heavy atom. The molecule has 2 aromatic rings. The Kier molecular flexibility index (Phi) is 3.19. The molecule has 0 spiro atoms. The highest BCUT2D eigenvalue weighted by Crippen LogP contribution is 2.35. The van der Waals surface area contributed by atoms with Crippen molar-refractivity contribution < 1.29 is 14.0 Å². The van der Waals surface area contributed by atoms with Gasteiger partial charge in [0.25, 0.3) is 5.89 Å². The number of methoxy groups -OCH3 is 1. The van der Waals surface area contributed by atoms with Gasteiger partial charge in [-0.15, -0.1) is 0 Å². The van der Waals surface area contributed by atoms with Crippen molar-refractivity contribution in [2.75, 3.05) is 26.1 Å². The monoisotopic (exact) mass is 279 g/mol. The molecule has 2 aromatic heterocycles. The van der Waals surface area contributed by atoms with Gasteiger partial charge in [0.2, 0.25) is 5.82 Å². The molecule has 1 fully saturated rings. The summed E-state index contributed by atoms with van der Waals surface area (Å²) in [5.74, 6) is 1.37. The fourth-order valence-electron chi connectivity index (χ4n) is 2.35. The van der Waals surface area contributed by atoms with Crippen LogP contribution in [0, 0.1) is 0 Å². The van der Waals surface area contributed by atoms with Crippen molar-refractivity contribution in [2.45, 2.75) is 18.4 Å². The lowest BCUT2D eigenvalue weighted by atomic mass is 9.93. The minimum absolute atomic E-state index is 0.355. The highest BCUT2D eigenvalue weighted by Gasteiger charge is 2.39. The molecule has 2 N–H and O–H groups in total. The number of nitrogens with two attached hydrogens (primary N) is 1. The van der Waals surface area contributed by atoms with Crippen LogP contribution in [0.2, 0.25) is 0 Å². The summed E-state index contributed by atoms with van der Waals surface area (Å²) in [7, 11) is 3.41. The zero-order valence-corrected chi connectivity index (χ0v) is 11.5. The molecule has 0 bridgehead atoms. The van der Waals surface area contributed by atoms with Gasteiger partial charge in [-0.25, -0.2) is 0 Å². The van der Waals surface area contributed by atoms with Gasteiger partial charge in [0.1, 0.15) is 17.0 Å². The van der Waals surface area contributed by atoms with E-state index in [1.807, 2.05) is 0 Å². The summed E-state index contributed by atoms with van der Waals surface area (Å²) in [6, 6.07) is 0. The topological polar surface area (TPSA) is 101 Å². The average Bonchev–Trinajstić information content (AvgIpc) is 3.08. The Balaban J connectivity index is 1.95. The predicted octanol–water partition coefficient (Wildman–Crippen LogP) is 0.704. The summed E-state index contributed by atoms with van der Waals surface area (Å²) in [5.41, 5.74) is 5.99.